The van der Waals surface area contributed by atoms with Gasteiger partial charge in [0, 0.05) is 11.6 Å². The van der Waals surface area contributed by atoms with Crippen LogP contribution in [0.3, 0.4) is 0 Å². The summed E-state index contributed by atoms with van der Waals surface area (Å²) < 4.78 is 33.8. The minimum Gasteiger partial charge on any atom is -0.476 e. The standard InChI is InChI=1S/C23H21ClN2O4S/c1-16-6-2-3-7-17(16)14-25-23(27)22-15-26(20-8-4-5-9-21(20)30-22)31(28,29)19-12-10-18(24)11-13-19/h2-13,22H,14-15H2,1H3,(H,25,27)/t22-/m0/s1. The molecule has 0 saturated heterocycles. The van der Waals surface area contributed by atoms with Gasteiger partial charge in [-0.25, -0.2) is 8.42 Å². The van der Waals surface area contributed by atoms with Gasteiger partial charge in [-0.2, -0.15) is 0 Å². The predicted molar refractivity (Wildman–Crippen MR) is 120 cm³/mol. The van der Waals surface area contributed by atoms with E-state index in [1.165, 1.54) is 28.6 Å². The Bertz CT molecular complexity index is 1210. The summed E-state index contributed by atoms with van der Waals surface area (Å²) in [5.41, 5.74) is 2.43. The van der Waals surface area contributed by atoms with Crippen LogP contribution in [-0.4, -0.2) is 27.0 Å². The number of rotatable bonds is 5. The second kappa shape index (κ2) is 8.61. The number of hydrogen-bond donors (Lipinski definition) is 1. The molecule has 160 valence electrons. The second-order valence-corrected chi connectivity index (χ2v) is 9.51. The van der Waals surface area contributed by atoms with Gasteiger partial charge in [0.1, 0.15) is 5.75 Å². The number of carbonyl (C=O) groups excluding carboxylic acids is 1. The second-order valence-electron chi connectivity index (χ2n) is 7.21. The molecular weight excluding hydrogens is 436 g/mol. The molecule has 1 aliphatic heterocycles. The lowest BCUT2D eigenvalue weighted by atomic mass is 10.1. The van der Waals surface area contributed by atoms with Crippen LogP contribution in [0.1, 0.15) is 11.1 Å². The number of fused-ring (bicyclic) bond motifs is 1. The number of nitrogens with one attached hydrogen (secondary N) is 1. The van der Waals surface area contributed by atoms with E-state index < -0.39 is 16.1 Å². The Morgan fingerprint density at radius 2 is 1.74 bits per heavy atom. The summed E-state index contributed by atoms with van der Waals surface area (Å²) >= 11 is 5.91. The lowest BCUT2D eigenvalue weighted by Gasteiger charge is -2.34. The lowest BCUT2D eigenvalue weighted by Crippen LogP contribution is -2.50. The first-order valence-corrected chi connectivity index (χ1v) is 11.5. The highest BCUT2D eigenvalue weighted by molar-refractivity contribution is 7.92. The van der Waals surface area contributed by atoms with Gasteiger partial charge in [-0.1, -0.05) is 48.0 Å². The fraction of sp³-hybridized carbons (Fsp3) is 0.174. The Balaban J connectivity index is 1.60. The van der Waals surface area contributed by atoms with Crippen LogP contribution in [0.15, 0.2) is 77.7 Å². The van der Waals surface area contributed by atoms with E-state index in [1.54, 1.807) is 24.3 Å². The largest absolute Gasteiger partial charge is 0.476 e. The van der Waals surface area contributed by atoms with Gasteiger partial charge in [-0.05, 0) is 54.4 Å². The fourth-order valence-electron chi connectivity index (χ4n) is 3.40. The number of hydrogen-bond acceptors (Lipinski definition) is 4. The van der Waals surface area contributed by atoms with Crippen LogP contribution in [0.2, 0.25) is 5.02 Å². The summed E-state index contributed by atoms with van der Waals surface area (Å²) in [5.74, 6) is -0.0450. The molecule has 0 unspecified atom stereocenters. The third-order valence-electron chi connectivity index (χ3n) is 5.14. The van der Waals surface area contributed by atoms with Gasteiger partial charge in [-0.3, -0.25) is 9.10 Å². The quantitative estimate of drug-likeness (QED) is 0.631. The maximum atomic E-state index is 13.3. The minimum absolute atomic E-state index is 0.0904. The molecule has 0 radical (unpaired) electrons. The van der Waals surface area contributed by atoms with E-state index in [4.69, 9.17) is 16.3 Å². The van der Waals surface area contributed by atoms with Crippen molar-refractivity contribution in [3.8, 4) is 5.75 Å². The fourth-order valence-corrected chi connectivity index (χ4v) is 5.01. The number of nitrogens with zero attached hydrogens (tertiary/aromatic N) is 1. The van der Waals surface area contributed by atoms with Crippen molar-refractivity contribution in [3.63, 3.8) is 0 Å². The van der Waals surface area contributed by atoms with Crippen molar-refractivity contribution in [3.05, 3.63) is 88.9 Å². The molecule has 0 aromatic heterocycles. The van der Waals surface area contributed by atoms with Gasteiger partial charge in [0.05, 0.1) is 17.1 Å². The minimum atomic E-state index is -3.92. The van der Waals surface area contributed by atoms with E-state index in [0.29, 0.717) is 23.0 Å². The monoisotopic (exact) mass is 456 g/mol. The van der Waals surface area contributed by atoms with Gasteiger partial charge >= 0.3 is 0 Å². The van der Waals surface area contributed by atoms with E-state index in [9.17, 15) is 13.2 Å². The van der Waals surface area contributed by atoms with Gasteiger partial charge in [0.15, 0.2) is 6.10 Å². The third-order valence-corrected chi connectivity index (χ3v) is 7.19. The molecule has 1 N–H and O–H groups in total. The number of anilines is 1. The van der Waals surface area contributed by atoms with Crippen molar-refractivity contribution in [1.29, 1.82) is 0 Å². The van der Waals surface area contributed by atoms with Crippen molar-refractivity contribution in [2.24, 2.45) is 0 Å². The van der Waals surface area contributed by atoms with Crippen LogP contribution >= 0.6 is 11.6 Å². The summed E-state index contributed by atoms with van der Waals surface area (Å²) in [6.07, 6.45) is -0.985. The van der Waals surface area contributed by atoms with Crippen LogP contribution in [-0.2, 0) is 21.4 Å². The Morgan fingerprint density at radius 3 is 2.48 bits per heavy atom. The summed E-state index contributed by atoms with van der Waals surface area (Å²) in [5, 5.41) is 3.30. The summed E-state index contributed by atoms with van der Waals surface area (Å²) in [4.78, 5) is 13.0. The van der Waals surface area contributed by atoms with Crippen LogP contribution in [0.5, 0.6) is 5.75 Å². The third kappa shape index (κ3) is 4.38. The van der Waals surface area contributed by atoms with Crippen molar-refractivity contribution < 1.29 is 17.9 Å². The SMILES string of the molecule is Cc1ccccc1CNC(=O)[C@@H]1CN(S(=O)(=O)c2ccc(Cl)cc2)c2ccccc2O1. The van der Waals surface area contributed by atoms with Crippen LogP contribution in [0.25, 0.3) is 0 Å². The maximum Gasteiger partial charge on any atom is 0.264 e. The number of sulfonamides is 1. The topological polar surface area (TPSA) is 75.7 Å². The summed E-state index contributed by atoms with van der Waals surface area (Å²) in [6.45, 7) is 2.16. The van der Waals surface area contributed by atoms with Crippen molar-refractivity contribution in [1.82, 2.24) is 5.32 Å². The zero-order valence-corrected chi connectivity index (χ0v) is 18.4. The zero-order chi connectivity index (χ0) is 22.0. The Morgan fingerprint density at radius 1 is 1.06 bits per heavy atom. The van der Waals surface area contributed by atoms with Crippen LogP contribution < -0.4 is 14.4 Å². The molecule has 1 aliphatic rings. The number of carbonyl (C=O) groups is 1. The van der Waals surface area contributed by atoms with E-state index in [0.717, 1.165) is 11.1 Å². The number of aryl methyl sites for hydroxylation is 1. The lowest BCUT2D eigenvalue weighted by molar-refractivity contribution is -0.127. The van der Waals surface area contributed by atoms with E-state index in [-0.39, 0.29) is 17.3 Å². The Hall–Kier alpha value is -3.03. The molecular formula is C23H21ClN2O4S. The molecule has 1 heterocycles. The first-order valence-electron chi connectivity index (χ1n) is 9.72. The van der Waals surface area contributed by atoms with Crippen LogP contribution in [0, 0.1) is 6.92 Å². The van der Waals surface area contributed by atoms with Gasteiger partial charge in [-0.15, -0.1) is 0 Å². The number of amides is 1. The molecule has 6 nitrogen and oxygen atoms in total. The normalized spacial score (nSPS) is 15.7. The molecule has 8 heteroatoms. The van der Waals surface area contributed by atoms with Crippen molar-refractivity contribution >= 4 is 33.2 Å². The summed E-state index contributed by atoms with van der Waals surface area (Å²) in [6, 6.07) is 20.4. The van der Waals surface area contributed by atoms with E-state index in [1.807, 2.05) is 31.2 Å². The molecule has 0 fully saturated rings. The predicted octanol–water partition coefficient (Wildman–Crippen LogP) is 3.92. The van der Waals surface area contributed by atoms with E-state index >= 15 is 0 Å². The highest BCUT2D eigenvalue weighted by atomic mass is 35.5. The molecule has 0 saturated carbocycles. The number of benzene rings is 3. The molecule has 4 rings (SSSR count). The van der Waals surface area contributed by atoms with Crippen molar-refractivity contribution in [2.75, 3.05) is 10.8 Å². The molecule has 3 aromatic carbocycles. The van der Waals surface area contributed by atoms with Gasteiger partial charge in [0.25, 0.3) is 15.9 Å². The van der Waals surface area contributed by atoms with Gasteiger partial charge in [0.2, 0.25) is 0 Å². The smallest absolute Gasteiger partial charge is 0.264 e. The van der Waals surface area contributed by atoms with E-state index in [2.05, 4.69) is 5.32 Å². The number of para-hydroxylation sites is 2. The zero-order valence-electron chi connectivity index (χ0n) is 16.8. The maximum absolute atomic E-state index is 13.3. The highest BCUT2D eigenvalue weighted by Crippen LogP contribution is 2.37. The van der Waals surface area contributed by atoms with Crippen LogP contribution in [0.4, 0.5) is 5.69 Å². The molecule has 0 bridgehead atoms. The first kappa shape index (κ1) is 21.2. The molecule has 1 atom stereocenters. The molecule has 31 heavy (non-hydrogen) atoms. The molecule has 0 aliphatic carbocycles. The van der Waals surface area contributed by atoms with Crippen molar-refractivity contribution in [2.45, 2.75) is 24.5 Å². The first-order chi connectivity index (χ1) is 14.9. The average molecular weight is 457 g/mol. The highest BCUT2D eigenvalue weighted by Gasteiger charge is 2.37. The number of ether oxygens (including phenoxy) is 1. The molecule has 1 amide bonds. The summed E-state index contributed by atoms with van der Waals surface area (Å²) in [7, 11) is -3.92. The Kier molecular flexibility index (Phi) is 5.89. The molecule has 3 aromatic rings. The number of halogens is 1. The van der Waals surface area contributed by atoms with Gasteiger partial charge < -0.3 is 10.1 Å². The Labute approximate surface area is 186 Å². The average Bonchev–Trinajstić information content (AvgIpc) is 2.78. The molecule has 0 spiro atoms.